The van der Waals surface area contributed by atoms with Gasteiger partial charge in [0.1, 0.15) is 24.7 Å². The summed E-state index contributed by atoms with van der Waals surface area (Å²) in [6.07, 6.45) is 0. The van der Waals surface area contributed by atoms with E-state index in [0.29, 0.717) is 11.4 Å². The van der Waals surface area contributed by atoms with Crippen molar-refractivity contribution in [3.63, 3.8) is 0 Å². The van der Waals surface area contributed by atoms with E-state index in [-0.39, 0.29) is 30.4 Å². The van der Waals surface area contributed by atoms with Gasteiger partial charge in [-0.25, -0.2) is 12.8 Å². The maximum absolute atomic E-state index is 13.2. The number of nitrogens with zero attached hydrogens (tertiary/aromatic N) is 1. The smallest absolute Gasteiger partial charge is 0.264 e. The van der Waals surface area contributed by atoms with Crippen molar-refractivity contribution in [3.8, 4) is 5.75 Å². The van der Waals surface area contributed by atoms with Gasteiger partial charge in [0.25, 0.3) is 10.0 Å². The van der Waals surface area contributed by atoms with Crippen LogP contribution in [0, 0.1) is 12.7 Å². The number of anilines is 1. The van der Waals surface area contributed by atoms with E-state index in [4.69, 9.17) is 4.74 Å². The van der Waals surface area contributed by atoms with Crippen molar-refractivity contribution in [2.45, 2.75) is 11.8 Å². The molecule has 3 aromatic rings. The first-order valence-electron chi connectivity index (χ1n) is 9.66. The molecule has 6 nitrogen and oxygen atoms in total. The number of halogens is 1. The van der Waals surface area contributed by atoms with Crippen LogP contribution in [0.3, 0.4) is 0 Å². The second-order valence-electron chi connectivity index (χ2n) is 6.82. The molecule has 0 saturated heterocycles. The third-order valence-corrected chi connectivity index (χ3v) is 6.20. The highest BCUT2D eigenvalue weighted by molar-refractivity contribution is 7.92. The Bertz CT molecular complexity index is 1120. The number of sulfonamides is 1. The summed E-state index contributed by atoms with van der Waals surface area (Å²) in [6, 6.07) is 20.5. The number of ether oxygens (including phenoxy) is 1. The molecule has 3 aromatic carbocycles. The van der Waals surface area contributed by atoms with Gasteiger partial charge in [0, 0.05) is 0 Å². The maximum atomic E-state index is 13.2. The molecule has 0 radical (unpaired) electrons. The average molecular weight is 443 g/mol. The predicted molar refractivity (Wildman–Crippen MR) is 117 cm³/mol. The summed E-state index contributed by atoms with van der Waals surface area (Å²) in [5.74, 6) is -0.357. The van der Waals surface area contributed by atoms with Crippen molar-refractivity contribution in [1.29, 1.82) is 0 Å². The Labute approximate surface area is 181 Å². The third kappa shape index (κ3) is 6.05. The van der Waals surface area contributed by atoms with Crippen LogP contribution >= 0.6 is 0 Å². The normalized spacial score (nSPS) is 11.0. The van der Waals surface area contributed by atoms with Gasteiger partial charge >= 0.3 is 0 Å². The first-order valence-corrected chi connectivity index (χ1v) is 11.1. The third-order valence-electron chi connectivity index (χ3n) is 4.41. The number of amides is 1. The number of carbonyl (C=O) groups excluding carboxylic acids is 1. The van der Waals surface area contributed by atoms with Crippen LogP contribution in [0.25, 0.3) is 0 Å². The van der Waals surface area contributed by atoms with E-state index in [1.54, 1.807) is 36.4 Å². The van der Waals surface area contributed by atoms with Gasteiger partial charge in [0.15, 0.2) is 0 Å². The van der Waals surface area contributed by atoms with Gasteiger partial charge in [0.2, 0.25) is 5.91 Å². The fourth-order valence-corrected chi connectivity index (χ4v) is 4.33. The van der Waals surface area contributed by atoms with Gasteiger partial charge in [-0.1, -0.05) is 30.3 Å². The van der Waals surface area contributed by atoms with Crippen LogP contribution < -0.4 is 14.4 Å². The predicted octanol–water partition coefficient (Wildman–Crippen LogP) is 3.52. The zero-order valence-electron chi connectivity index (χ0n) is 17.0. The summed E-state index contributed by atoms with van der Waals surface area (Å²) in [5.41, 5.74) is 1.28. The van der Waals surface area contributed by atoms with Crippen molar-refractivity contribution < 1.29 is 22.3 Å². The summed E-state index contributed by atoms with van der Waals surface area (Å²) in [7, 11) is -3.94. The Hall–Kier alpha value is -3.39. The lowest BCUT2D eigenvalue weighted by Crippen LogP contribution is -2.42. The first kappa shape index (κ1) is 22.3. The fourth-order valence-electron chi connectivity index (χ4n) is 2.89. The van der Waals surface area contributed by atoms with Crippen LogP contribution in [0.15, 0.2) is 83.8 Å². The molecule has 0 fully saturated rings. The Kier molecular flexibility index (Phi) is 7.25. The van der Waals surface area contributed by atoms with E-state index in [2.05, 4.69) is 5.32 Å². The molecule has 0 aliphatic rings. The number of benzene rings is 3. The second-order valence-corrected chi connectivity index (χ2v) is 8.68. The molecule has 0 unspecified atom stereocenters. The number of rotatable bonds is 9. The molecule has 0 bridgehead atoms. The van der Waals surface area contributed by atoms with Crippen LogP contribution in [-0.4, -0.2) is 34.0 Å². The Balaban J connectivity index is 1.68. The Morgan fingerprint density at radius 1 is 1.00 bits per heavy atom. The average Bonchev–Trinajstić information content (AvgIpc) is 2.77. The number of hydrogen-bond acceptors (Lipinski definition) is 4. The molecule has 0 spiro atoms. The molecule has 0 aromatic heterocycles. The van der Waals surface area contributed by atoms with Crippen LogP contribution in [0.1, 0.15) is 5.56 Å². The van der Waals surface area contributed by atoms with Gasteiger partial charge in [-0.2, -0.15) is 0 Å². The lowest BCUT2D eigenvalue weighted by molar-refractivity contribution is -0.119. The number of aryl methyl sites for hydroxylation is 1. The molecule has 3 rings (SSSR count). The fraction of sp³-hybridized carbons (Fsp3) is 0.174. The van der Waals surface area contributed by atoms with Crippen molar-refractivity contribution in [2.75, 3.05) is 24.0 Å². The van der Waals surface area contributed by atoms with Crippen LogP contribution in [-0.2, 0) is 14.8 Å². The molecule has 0 heterocycles. The largest absolute Gasteiger partial charge is 0.492 e. The van der Waals surface area contributed by atoms with Crippen LogP contribution in [0.5, 0.6) is 5.75 Å². The van der Waals surface area contributed by atoms with E-state index in [0.717, 1.165) is 9.87 Å². The number of carbonyl (C=O) groups is 1. The number of nitrogens with one attached hydrogen (secondary N) is 1. The molecule has 0 saturated carbocycles. The summed E-state index contributed by atoms with van der Waals surface area (Å²) in [6.45, 7) is 1.80. The summed E-state index contributed by atoms with van der Waals surface area (Å²) < 4.78 is 45.9. The second kappa shape index (κ2) is 10.1. The SMILES string of the molecule is Cc1cccc(N(CC(=O)NCCOc2ccc(F)cc2)S(=O)(=O)c2ccccc2)c1. The monoisotopic (exact) mass is 442 g/mol. The zero-order valence-corrected chi connectivity index (χ0v) is 17.8. The Morgan fingerprint density at radius 3 is 2.39 bits per heavy atom. The highest BCUT2D eigenvalue weighted by atomic mass is 32.2. The topological polar surface area (TPSA) is 75.7 Å². The highest BCUT2D eigenvalue weighted by Crippen LogP contribution is 2.24. The van der Waals surface area contributed by atoms with Crippen molar-refractivity contribution in [1.82, 2.24) is 5.32 Å². The van der Waals surface area contributed by atoms with E-state index in [1.165, 1.54) is 36.4 Å². The number of hydrogen-bond donors (Lipinski definition) is 1. The van der Waals surface area contributed by atoms with Gasteiger partial charge in [-0.15, -0.1) is 0 Å². The highest BCUT2D eigenvalue weighted by Gasteiger charge is 2.27. The molecule has 31 heavy (non-hydrogen) atoms. The lowest BCUT2D eigenvalue weighted by Gasteiger charge is -2.24. The molecule has 0 atom stereocenters. The van der Waals surface area contributed by atoms with E-state index < -0.39 is 15.9 Å². The molecule has 0 aliphatic heterocycles. The van der Waals surface area contributed by atoms with Crippen molar-refractivity contribution >= 4 is 21.6 Å². The van der Waals surface area contributed by atoms with E-state index in [1.807, 2.05) is 13.0 Å². The standard InChI is InChI=1S/C23H23FN2O4S/c1-18-6-5-7-20(16-18)26(31(28,29)22-8-3-2-4-9-22)17-23(27)25-14-15-30-21-12-10-19(24)11-13-21/h2-13,16H,14-15,17H2,1H3,(H,25,27). The van der Waals surface area contributed by atoms with Gasteiger partial charge in [-0.05, 0) is 61.0 Å². The minimum atomic E-state index is -3.94. The molecular weight excluding hydrogens is 419 g/mol. The molecule has 1 N–H and O–H groups in total. The molecule has 0 aliphatic carbocycles. The van der Waals surface area contributed by atoms with Crippen LogP contribution in [0.2, 0.25) is 0 Å². The quantitative estimate of drug-likeness (QED) is 0.515. The molecule has 8 heteroatoms. The molecule has 1 amide bonds. The van der Waals surface area contributed by atoms with Crippen LogP contribution in [0.4, 0.5) is 10.1 Å². The minimum Gasteiger partial charge on any atom is -0.492 e. The first-order chi connectivity index (χ1) is 14.9. The maximum Gasteiger partial charge on any atom is 0.264 e. The Morgan fingerprint density at radius 2 is 1.71 bits per heavy atom. The van der Waals surface area contributed by atoms with Crippen molar-refractivity contribution in [3.05, 3.63) is 90.2 Å². The molecule has 162 valence electrons. The summed E-state index contributed by atoms with van der Waals surface area (Å²) >= 11 is 0. The van der Waals surface area contributed by atoms with Crippen molar-refractivity contribution in [2.24, 2.45) is 0 Å². The van der Waals surface area contributed by atoms with Gasteiger partial charge in [-0.3, -0.25) is 9.10 Å². The summed E-state index contributed by atoms with van der Waals surface area (Å²) in [4.78, 5) is 12.6. The lowest BCUT2D eigenvalue weighted by atomic mass is 10.2. The van der Waals surface area contributed by atoms with Gasteiger partial charge < -0.3 is 10.1 Å². The molecular formula is C23H23FN2O4S. The van der Waals surface area contributed by atoms with Gasteiger partial charge in [0.05, 0.1) is 17.1 Å². The van der Waals surface area contributed by atoms with E-state index in [9.17, 15) is 17.6 Å². The zero-order chi connectivity index (χ0) is 22.3. The summed E-state index contributed by atoms with van der Waals surface area (Å²) in [5, 5.41) is 2.66. The van der Waals surface area contributed by atoms with E-state index >= 15 is 0 Å². The minimum absolute atomic E-state index is 0.101.